The fraction of sp³-hybridized carbons (Fsp3) is 0.553. The third kappa shape index (κ3) is 24.3. The summed E-state index contributed by atoms with van der Waals surface area (Å²) in [5, 5.41) is 20.5. The van der Waals surface area contributed by atoms with Gasteiger partial charge in [0.25, 0.3) is 11.8 Å². The highest BCUT2D eigenvalue weighted by Gasteiger charge is 2.47. The van der Waals surface area contributed by atoms with Gasteiger partial charge in [0.2, 0.25) is 6.29 Å². The molecule has 6 aliphatic rings. The van der Waals surface area contributed by atoms with Crippen LogP contribution in [0.3, 0.4) is 0 Å². The number of aromatic nitrogens is 6. The van der Waals surface area contributed by atoms with Crippen LogP contribution in [0.2, 0.25) is 0 Å². The van der Waals surface area contributed by atoms with Crippen molar-refractivity contribution in [2.45, 2.75) is 212 Å². The number of aromatic amines is 3. The first-order chi connectivity index (χ1) is 54.9. The summed E-state index contributed by atoms with van der Waals surface area (Å²) in [7, 11) is 0. The number of piperidine rings is 3. The zero-order valence-corrected chi connectivity index (χ0v) is 65.7. The van der Waals surface area contributed by atoms with Crippen molar-refractivity contribution >= 4 is 42.3 Å². The van der Waals surface area contributed by atoms with E-state index in [1.807, 2.05) is 27.7 Å². The number of alkyl halides is 15. The lowest BCUT2D eigenvalue weighted by Gasteiger charge is -2.34. The first kappa shape index (κ1) is 94.2. The van der Waals surface area contributed by atoms with Crippen LogP contribution in [0.15, 0.2) is 36.4 Å². The smallest absolute Gasteiger partial charge is 0.444 e. The molecule has 3 saturated heterocycles. The fourth-order valence-corrected chi connectivity index (χ4v) is 14.1. The molecule has 6 amide bonds. The maximum absolute atomic E-state index is 14.0. The number of fused-ring (bicyclic) bond motifs is 3. The maximum Gasteiger partial charge on any atom is 0.471 e. The Morgan fingerprint density at radius 1 is 0.395 bits per heavy atom. The van der Waals surface area contributed by atoms with Gasteiger partial charge in [0.05, 0.1) is 53.4 Å². The summed E-state index contributed by atoms with van der Waals surface area (Å²) in [6, 6.07) is 4.91. The van der Waals surface area contributed by atoms with Crippen LogP contribution in [0.25, 0.3) is 0 Å². The number of carbonyl (C=O) groups is 7. The third-order valence-electron chi connectivity index (χ3n) is 19.6. The molecule has 12 rings (SSSR count). The number of likely N-dealkylation sites (tertiary alicyclic amines) is 3. The Kier molecular flexibility index (Phi) is 29.1. The third-order valence-corrected chi connectivity index (χ3v) is 19.6. The van der Waals surface area contributed by atoms with Crippen molar-refractivity contribution in [2.24, 2.45) is 0 Å². The monoisotopic (exact) mass is 1720 g/mol. The van der Waals surface area contributed by atoms with Crippen LogP contribution < -0.4 is 0 Å². The van der Waals surface area contributed by atoms with E-state index in [0.717, 1.165) is 36.0 Å². The number of benzene rings is 3. The van der Waals surface area contributed by atoms with Gasteiger partial charge in [-0.15, -0.1) is 0 Å². The largest absolute Gasteiger partial charge is 0.471 e. The van der Waals surface area contributed by atoms with E-state index in [1.54, 1.807) is 46.4 Å². The summed E-state index contributed by atoms with van der Waals surface area (Å²) in [5.74, 6) is -15.4. The minimum absolute atomic E-state index is 0.0140. The maximum atomic E-state index is 14.0. The highest BCUT2D eigenvalue weighted by molar-refractivity contribution is 5.95. The van der Waals surface area contributed by atoms with E-state index in [9.17, 15) is 121 Å². The molecule has 0 unspecified atom stereocenters. The molecule has 6 aromatic rings. The molecule has 3 aromatic carbocycles. The zero-order valence-electron chi connectivity index (χ0n) is 65.7. The number of amides is 6. The van der Waals surface area contributed by atoms with E-state index < -0.39 is 154 Å². The van der Waals surface area contributed by atoms with Crippen molar-refractivity contribution in [3.63, 3.8) is 0 Å². The van der Waals surface area contributed by atoms with E-state index in [-0.39, 0.29) is 143 Å². The van der Waals surface area contributed by atoms with Crippen molar-refractivity contribution in [1.82, 2.24) is 60.0 Å². The number of rotatable bonds is 5. The molecule has 0 spiro atoms. The second-order valence-electron chi connectivity index (χ2n) is 31.6. The number of nitrogens with zero attached hydrogens (tertiary/aromatic N) is 9. The molecule has 6 aliphatic heterocycles. The molecule has 656 valence electrons. The van der Waals surface area contributed by atoms with Crippen LogP contribution in [0.1, 0.15) is 212 Å². The number of hydrogen-bond acceptors (Lipinski definition) is 13. The van der Waals surface area contributed by atoms with Gasteiger partial charge in [-0.05, 0) is 185 Å². The van der Waals surface area contributed by atoms with Gasteiger partial charge < -0.3 is 43.6 Å². The molecule has 9 heterocycles. The minimum Gasteiger partial charge on any atom is -0.444 e. The van der Waals surface area contributed by atoms with Crippen molar-refractivity contribution in [1.29, 1.82) is 0 Å². The Bertz CT molecular complexity index is 4640. The number of aldehydes is 1. The van der Waals surface area contributed by atoms with Crippen LogP contribution in [0, 0.1) is 41.8 Å². The highest BCUT2D eigenvalue weighted by atomic mass is 19.4. The Morgan fingerprint density at radius 3 is 1.00 bits per heavy atom. The number of aryl methyl sites for hydroxylation is 1. The summed E-state index contributed by atoms with van der Waals surface area (Å²) >= 11 is 0. The second kappa shape index (κ2) is 36.7. The molecule has 3 aromatic heterocycles. The van der Waals surface area contributed by atoms with Crippen molar-refractivity contribution in [3.8, 4) is 0 Å². The van der Waals surface area contributed by atoms with Gasteiger partial charge in [-0.2, -0.15) is 81.2 Å². The zero-order chi connectivity index (χ0) is 88.9. The average Bonchev–Trinajstić information content (AvgIpc) is 1.78. The summed E-state index contributed by atoms with van der Waals surface area (Å²) in [6.07, 6.45) is -25.0. The summed E-state index contributed by atoms with van der Waals surface area (Å²) in [5.41, 5.74) is -2.09. The number of ether oxygens (including phenoxy) is 3. The molecule has 22 nitrogen and oxygen atoms in total. The van der Waals surface area contributed by atoms with Crippen LogP contribution >= 0.6 is 0 Å². The van der Waals surface area contributed by atoms with Gasteiger partial charge in [-0.25, -0.2) is 40.7 Å². The SMILES string of the molecule is CC(C)(C)OC(=O)N1CCC(c2ccc(F)c(F)c2C(F)(F)F)CC1.CC(C)(C)OC(=O)N1CCc2c(C(=O)N3CCC(c4ccc(F)c(F)c4C(F)(F)F)CC3)n[nH]c2C1.Cc1[nH]nc2c1CCN(C(=O)OC(C)(C)C)C2.O=C(c1n[nH]c2c1CCN(C(=O)C(F)(F)F)C2)N1CCC(c2ccc(F)c(F)c2C(F)(F)F)CC1.O=CC(F)(F)F. The molecule has 0 atom stereocenters. The minimum atomic E-state index is -5.09. The molecule has 3 N–H and O–H groups in total. The lowest BCUT2D eigenvalue weighted by molar-refractivity contribution is -0.186. The molecule has 0 saturated carbocycles. The average molecular weight is 1730 g/mol. The standard InChI is InChI=1S/C24H27F5N4O3.C21H18F8N4O2.C17H20F5NO2.C12H19N3O2.C2HF3O/c1-23(2,3)36-22(35)33-11-8-15-17(12-33)30-31-20(15)21(34)32-9-6-13(7-10-32)14-4-5-16(25)19(26)18(14)24(27,28)29;22-13-2-1-11(15(16(13)23)20(24,25)26)10-3-6-32(7-4-10)18(34)17-12-5-8-33(9-14(12)30-31-17)19(35)21(27,28)29;1-16(2,3)25-15(24)23-8-6-10(7-9-23)11-4-5-12(18)14(19)13(11)17(20,21)22;1-8-9-5-6-15(7-10(9)14-13-8)11(16)17-12(2,3)4;3-2(4,5)1-6/h4-5,13H,6-12H2,1-3H3,(H,30,31);1-2,10H,3-9H2,(H,30,31);4-5,10H,6-9H2,1-3H3;5-7H2,1-4H3,(H,13,14);1H. The predicted octanol–water partition coefficient (Wildman–Crippen LogP) is 17.1. The quantitative estimate of drug-likeness (QED) is 0.0826. The Hall–Kier alpha value is -10.3. The fourth-order valence-electron chi connectivity index (χ4n) is 14.1. The molecular formula is C76H85F21N12O10. The molecule has 0 bridgehead atoms. The van der Waals surface area contributed by atoms with Crippen molar-refractivity contribution in [3.05, 3.63) is 156 Å². The van der Waals surface area contributed by atoms with Crippen molar-refractivity contribution in [2.75, 3.05) is 58.9 Å². The molecule has 3 fully saturated rings. The Balaban J connectivity index is 0.000000199. The van der Waals surface area contributed by atoms with Crippen molar-refractivity contribution < 1.29 is 140 Å². The van der Waals surface area contributed by atoms with Crippen LogP contribution in [0.5, 0.6) is 0 Å². The van der Waals surface area contributed by atoms with E-state index in [4.69, 9.17) is 19.0 Å². The van der Waals surface area contributed by atoms with Gasteiger partial charge in [0.1, 0.15) is 16.8 Å². The Morgan fingerprint density at radius 2 is 0.689 bits per heavy atom. The molecule has 43 heteroatoms. The summed E-state index contributed by atoms with van der Waals surface area (Å²) < 4.78 is 287. The molecule has 0 radical (unpaired) electrons. The van der Waals surface area contributed by atoms with Crippen LogP contribution in [0.4, 0.5) is 107 Å². The van der Waals surface area contributed by atoms with E-state index in [1.165, 1.54) is 25.2 Å². The topological polar surface area (TPSA) is 253 Å². The number of hydrogen-bond donors (Lipinski definition) is 3. The summed E-state index contributed by atoms with van der Waals surface area (Å²) in [6.45, 7) is 19.9. The lowest BCUT2D eigenvalue weighted by atomic mass is 9.85. The van der Waals surface area contributed by atoms with E-state index in [2.05, 4.69) is 30.6 Å². The number of nitrogens with one attached hydrogen (secondary N) is 3. The first-order valence-corrected chi connectivity index (χ1v) is 37.1. The predicted molar refractivity (Wildman–Crippen MR) is 378 cm³/mol. The van der Waals surface area contributed by atoms with Gasteiger partial charge in [-0.3, -0.25) is 34.5 Å². The van der Waals surface area contributed by atoms with Gasteiger partial charge in [0.15, 0.2) is 46.3 Å². The van der Waals surface area contributed by atoms with Gasteiger partial charge in [0, 0.05) is 75.7 Å². The number of H-pyrrole nitrogens is 3. The molecule has 119 heavy (non-hydrogen) atoms. The molecular weight excluding hydrogens is 1640 g/mol. The van der Waals surface area contributed by atoms with Crippen LogP contribution in [-0.4, -0.2) is 190 Å². The van der Waals surface area contributed by atoms with Gasteiger partial charge in [-0.1, -0.05) is 18.2 Å². The summed E-state index contributed by atoms with van der Waals surface area (Å²) in [4.78, 5) is 90.6. The Labute approximate surface area is 666 Å². The lowest BCUT2D eigenvalue weighted by Crippen LogP contribution is -2.44. The first-order valence-electron chi connectivity index (χ1n) is 37.1. The highest BCUT2D eigenvalue weighted by Crippen LogP contribution is 2.45. The normalized spacial score (nSPS) is 16.7. The number of carbonyl (C=O) groups excluding carboxylic acids is 7. The number of halogens is 21. The van der Waals surface area contributed by atoms with E-state index >= 15 is 0 Å². The second-order valence-corrected chi connectivity index (χ2v) is 31.6. The van der Waals surface area contributed by atoms with E-state index in [0.29, 0.717) is 66.0 Å². The molecule has 0 aliphatic carbocycles. The van der Waals surface area contributed by atoms with Gasteiger partial charge >= 0.3 is 55.1 Å². The van der Waals surface area contributed by atoms with Crippen LogP contribution in [-0.2, 0) is 81.2 Å².